The molecule has 1 aromatic rings. The predicted octanol–water partition coefficient (Wildman–Crippen LogP) is 1.93. The number of anilines is 1. The van der Waals surface area contributed by atoms with Gasteiger partial charge < -0.3 is 26.2 Å². The van der Waals surface area contributed by atoms with E-state index in [0.29, 0.717) is 17.7 Å². The molecule has 0 aromatic carbocycles. The van der Waals surface area contributed by atoms with Gasteiger partial charge in [-0.3, -0.25) is 9.59 Å². The SMILES string of the molecule is CCCO[C@@H]1CC[C@H](C(=O)NCc2nnc(N)s2)C[C@H]1NC1CCCC1.O=CO. The van der Waals surface area contributed by atoms with E-state index in [2.05, 4.69) is 27.8 Å². The second-order valence-corrected chi connectivity index (χ2v) is 8.62. The van der Waals surface area contributed by atoms with Crippen LogP contribution in [0.15, 0.2) is 0 Å². The molecule has 5 N–H and O–H groups in total. The molecule has 2 aliphatic rings. The first kappa shape index (κ1) is 23.5. The van der Waals surface area contributed by atoms with Crippen LogP contribution in [0.25, 0.3) is 0 Å². The van der Waals surface area contributed by atoms with Crippen LogP contribution in [-0.4, -0.2) is 52.5 Å². The monoisotopic (exact) mass is 427 g/mol. The molecule has 9 nitrogen and oxygen atoms in total. The van der Waals surface area contributed by atoms with Crippen LogP contribution in [0, 0.1) is 5.92 Å². The number of rotatable bonds is 8. The molecule has 29 heavy (non-hydrogen) atoms. The van der Waals surface area contributed by atoms with Crippen LogP contribution < -0.4 is 16.4 Å². The molecule has 0 aliphatic heterocycles. The molecule has 2 fully saturated rings. The number of carboxylic acid groups (broad SMARTS) is 1. The van der Waals surface area contributed by atoms with Crippen LogP contribution >= 0.6 is 11.3 Å². The van der Waals surface area contributed by atoms with Gasteiger partial charge in [-0.1, -0.05) is 31.1 Å². The zero-order valence-electron chi connectivity index (χ0n) is 17.0. The summed E-state index contributed by atoms with van der Waals surface area (Å²) in [7, 11) is 0. The van der Waals surface area contributed by atoms with Gasteiger partial charge in [0, 0.05) is 24.6 Å². The molecule has 2 aliphatic carbocycles. The molecule has 3 atom stereocenters. The number of nitrogens with two attached hydrogens (primary N) is 1. The summed E-state index contributed by atoms with van der Waals surface area (Å²) in [6.45, 7) is 3.09. The lowest BCUT2D eigenvalue weighted by Crippen LogP contribution is -2.51. The van der Waals surface area contributed by atoms with E-state index in [-0.39, 0.29) is 30.4 Å². The Morgan fingerprint density at radius 2 is 2.03 bits per heavy atom. The van der Waals surface area contributed by atoms with Gasteiger partial charge in [0.05, 0.1) is 12.6 Å². The molecule has 164 valence electrons. The van der Waals surface area contributed by atoms with Gasteiger partial charge in [0.15, 0.2) is 0 Å². The topological polar surface area (TPSA) is 139 Å². The second kappa shape index (κ2) is 12.7. The van der Waals surface area contributed by atoms with Crippen molar-refractivity contribution in [3.8, 4) is 0 Å². The Morgan fingerprint density at radius 3 is 2.66 bits per heavy atom. The Kier molecular flexibility index (Phi) is 10.3. The van der Waals surface area contributed by atoms with Crippen molar-refractivity contribution in [2.45, 2.75) is 83.0 Å². The number of nitrogen functional groups attached to an aromatic ring is 1. The lowest BCUT2D eigenvalue weighted by molar-refractivity contribution is -0.128. The highest BCUT2D eigenvalue weighted by atomic mass is 32.1. The Bertz CT molecular complexity index is 623. The summed E-state index contributed by atoms with van der Waals surface area (Å²) >= 11 is 1.32. The van der Waals surface area contributed by atoms with Crippen LogP contribution in [0.4, 0.5) is 5.13 Å². The maximum absolute atomic E-state index is 12.6. The smallest absolute Gasteiger partial charge is 0.290 e. The summed E-state index contributed by atoms with van der Waals surface area (Å²) in [6, 6.07) is 0.852. The van der Waals surface area contributed by atoms with Gasteiger partial charge in [0.25, 0.3) is 6.47 Å². The van der Waals surface area contributed by atoms with Crippen LogP contribution in [-0.2, 0) is 20.9 Å². The number of carbonyl (C=O) groups excluding carboxylic acids is 1. The highest BCUT2D eigenvalue weighted by Gasteiger charge is 2.35. The number of carbonyl (C=O) groups is 2. The Hall–Kier alpha value is -1.78. The zero-order valence-corrected chi connectivity index (χ0v) is 17.8. The summed E-state index contributed by atoms with van der Waals surface area (Å²) < 4.78 is 6.09. The van der Waals surface area contributed by atoms with Gasteiger partial charge in [-0.05, 0) is 38.5 Å². The quantitative estimate of drug-likeness (QED) is 0.462. The van der Waals surface area contributed by atoms with Crippen LogP contribution in [0.3, 0.4) is 0 Å². The molecule has 0 saturated heterocycles. The number of hydrogen-bond donors (Lipinski definition) is 4. The van der Waals surface area contributed by atoms with Crippen molar-refractivity contribution in [1.29, 1.82) is 0 Å². The predicted molar refractivity (Wildman–Crippen MR) is 111 cm³/mol. The highest BCUT2D eigenvalue weighted by Crippen LogP contribution is 2.29. The largest absolute Gasteiger partial charge is 0.483 e. The third-order valence-electron chi connectivity index (χ3n) is 5.39. The van der Waals surface area contributed by atoms with Crippen molar-refractivity contribution in [2.24, 2.45) is 5.92 Å². The molecule has 1 heterocycles. The fourth-order valence-corrected chi connectivity index (χ4v) is 4.61. The molecular weight excluding hydrogens is 394 g/mol. The second-order valence-electron chi connectivity index (χ2n) is 7.53. The van der Waals surface area contributed by atoms with Crippen molar-refractivity contribution in [1.82, 2.24) is 20.8 Å². The lowest BCUT2D eigenvalue weighted by Gasteiger charge is -2.37. The summed E-state index contributed by atoms with van der Waals surface area (Å²) in [5.41, 5.74) is 5.59. The molecule has 3 rings (SSSR count). The number of ether oxygens (including phenoxy) is 1. The van der Waals surface area contributed by atoms with Crippen LogP contribution in [0.2, 0.25) is 0 Å². The van der Waals surface area contributed by atoms with Gasteiger partial charge in [0.1, 0.15) is 5.01 Å². The molecule has 1 amide bonds. The lowest BCUT2D eigenvalue weighted by atomic mass is 9.82. The van der Waals surface area contributed by atoms with Crippen LogP contribution in [0.5, 0.6) is 0 Å². The van der Waals surface area contributed by atoms with Crippen molar-refractivity contribution >= 4 is 28.8 Å². The van der Waals surface area contributed by atoms with Gasteiger partial charge in [-0.15, -0.1) is 10.2 Å². The Balaban J connectivity index is 0.000000941. The summed E-state index contributed by atoms with van der Waals surface area (Å²) in [5.74, 6) is 0.131. The Labute approximate surface area is 175 Å². The number of amides is 1. The minimum atomic E-state index is -0.250. The minimum Gasteiger partial charge on any atom is -0.483 e. The average Bonchev–Trinajstić information content (AvgIpc) is 3.37. The Morgan fingerprint density at radius 1 is 1.31 bits per heavy atom. The average molecular weight is 428 g/mol. The maximum Gasteiger partial charge on any atom is 0.290 e. The van der Waals surface area contributed by atoms with Gasteiger partial charge in [-0.25, -0.2) is 0 Å². The van der Waals surface area contributed by atoms with Crippen molar-refractivity contribution < 1.29 is 19.4 Å². The number of hydrogen-bond acceptors (Lipinski definition) is 8. The first-order valence-corrected chi connectivity index (χ1v) is 11.2. The van der Waals surface area contributed by atoms with E-state index < -0.39 is 0 Å². The standard InChI is InChI=1S/C18H31N5O2S.CH2O2/c1-2-9-25-15-8-7-12(10-14(15)21-13-5-3-4-6-13)17(24)20-11-16-22-23-18(19)26-16;2-1-3/h12-15,21H,2-11H2,1H3,(H2,19,23)(H,20,24);1H,(H,2,3)/t12-,14+,15+;/m0./s1. The molecule has 10 heteroatoms. The summed E-state index contributed by atoms with van der Waals surface area (Å²) in [6.07, 6.45) is 9.01. The molecule has 0 spiro atoms. The molecule has 2 saturated carbocycles. The first-order valence-electron chi connectivity index (χ1n) is 10.4. The maximum atomic E-state index is 12.6. The third-order valence-corrected chi connectivity index (χ3v) is 6.15. The van der Waals surface area contributed by atoms with Gasteiger partial charge >= 0.3 is 0 Å². The van der Waals surface area contributed by atoms with Crippen LogP contribution in [0.1, 0.15) is 63.3 Å². The van der Waals surface area contributed by atoms with Crippen molar-refractivity contribution in [3.63, 3.8) is 0 Å². The molecule has 1 aromatic heterocycles. The van der Waals surface area contributed by atoms with E-state index in [1.165, 1.54) is 37.0 Å². The summed E-state index contributed by atoms with van der Waals surface area (Å²) in [5, 5.41) is 22.6. The number of aromatic nitrogens is 2. The van der Waals surface area contributed by atoms with Gasteiger partial charge in [-0.2, -0.15) is 0 Å². The number of nitrogens with zero attached hydrogens (tertiary/aromatic N) is 2. The van der Waals surface area contributed by atoms with E-state index in [4.69, 9.17) is 20.4 Å². The van der Waals surface area contributed by atoms with E-state index in [1.807, 2.05) is 0 Å². The fourth-order valence-electron chi connectivity index (χ4n) is 4.07. The fraction of sp³-hybridized carbons (Fsp3) is 0.789. The molecular formula is C19H33N5O4S. The molecule has 0 bridgehead atoms. The minimum absolute atomic E-state index is 0.0284. The molecule has 0 unspecified atom stereocenters. The van der Waals surface area contributed by atoms with Gasteiger partial charge in [0.2, 0.25) is 11.0 Å². The summed E-state index contributed by atoms with van der Waals surface area (Å²) in [4.78, 5) is 21.0. The zero-order chi connectivity index (χ0) is 21.1. The number of nitrogens with one attached hydrogen (secondary N) is 2. The van der Waals surface area contributed by atoms with Crippen molar-refractivity contribution in [3.05, 3.63) is 5.01 Å². The van der Waals surface area contributed by atoms with E-state index in [1.54, 1.807) is 0 Å². The molecule has 0 radical (unpaired) electrons. The van der Waals surface area contributed by atoms with E-state index in [0.717, 1.165) is 37.3 Å². The normalized spacial score (nSPS) is 24.5. The van der Waals surface area contributed by atoms with E-state index in [9.17, 15) is 4.79 Å². The third kappa shape index (κ3) is 7.87. The van der Waals surface area contributed by atoms with Crippen molar-refractivity contribution in [2.75, 3.05) is 12.3 Å². The highest BCUT2D eigenvalue weighted by molar-refractivity contribution is 7.15. The van der Waals surface area contributed by atoms with E-state index >= 15 is 0 Å². The first-order chi connectivity index (χ1) is 14.1.